The van der Waals surface area contributed by atoms with Crippen LogP contribution >= 0.6 is 0 Å². The first-order valence-corrected chi connectivity index (χ1v) is 4.12. The third-order valence-corrected chi connectivity index (χ3v) is 1.66. The summed E-state index contributed by atoms with van der Waals surface area (Å²) in [5.74, 6) is -5.92. The first-order valence-electron chi connectivity index (χ1n) is 4.12. The van der Waals surface area contributed by atoms with Crippen LogP contribution in [0.1, 0.15) is 10.4 Å². The van der Waals surface area contributed by atoms with E-state index in [0.29, 0.717) is 12.1 Å². The Kier molecular flexibility index (Phi) is 3.81. The standard InChI is InChI=1S/C9H6F5NO/c10-5-1-4(2-6(11)8(5)14)9(16)15-3-7(12)13/h1-2,7H,3H2,(H,15,16). The lowest BCUT2D eigenvalue weighted by molar-refractivity contribution is 0.0890. The number of hydrogen-bond acceptors (Lipinski definition) is 1. The van der Waals surface area contributed by atoms with E-state index in [1.54, 1.807) is 5.32 Å². The van der Waals surface area contributed by atoms with Crippen molar-refractivity contribution in [3.05, 3.63) is 35.1 Å². The topological polar surface area (TPSA) is 29.1 Å². The second kappa shape index (κ2) is 4.91. The highest BCUT2D eigenvalue weighted by Gasteiger charge is 2.15. The van der Waals surface area contributed by atoms with Gasteiger partial charge in [-0.05, 0) is 12.1 Å². The Morgan fingerprint density at radius 3 is 2.12 bits per heavy atom. The van der Waals surface area contributed by atoms with Crippen molar-refractivity contribution >= 4 is 5.91 Å². The molecule has 0 aromatic heterocycles. The SMILES string of the molecule is O=C(NCC(F)F)c1cc(F)c(F)c(F)c1. The fourth-order valence-corrected chi connectivity index (χ4v) is 0.959. The first-order chi connectivity index (χ1) is 7.41. The van der Waals surface area contributed by atoms with Gasteiger partial charge in [0.15, 0.2) is 17.5 Å². The number of benzene rings is 1. The van der Waals surface area contributed by atoms with Gasteiger partial charge in [-0.3, -0.25) is 4.79 Å². The summed E-state index contributed by atoms with van der Waals surface area (Å²) in [5.41, 5.74) is -0.558. The first kappa shape index (κ1) is 12.4. The largest absolute Gasteiger partial charge is 0.346 e. The third-order valence-electron chi connectivity index (χ3n) is 1.66. The zero-order valence-electron chi connectivity index (χ0n) is 7.74. The fraction of sp³-hybridized carbons (Fsp3) is 0.222. The molecular weight excluding hydrogens is 233 g/mol. The number of amides is 1. The third kappa shape index (κ3) is 2.91. The van der Waals surface area contributed by atoms with Crippen LogP contribution in [0.5, 0.6) is 0 Å². The van der Waals surface area contributed by atoms with Gasteiger partial charge >= 0.3 is 0 Å². The molecule has 0 atom stereocenters. The highest BCUT2D eigenvalue weighted by atomic mass is 19.3. The average Bonchev–Trinajstić information content (AvgIpc) is 2.21. The molecular formula is C9H6F5NO. The van der Waals surface area contributed by atoms with Gasteiger partial charge in [-0.1, -0.05) is 0 Å². The van der Waals surface area contributed by atoms with Crippen LogP contribution in [0.2, 0.25) is 0 Å². The molecule has 0 spiro atoms. The van der Waals surface area contributed by atoms with Gasteiger partial charge in [-0.25, -0.2) is 22.0 Å². The van der Waals surface area contributed by atoms with E-state index in [0.717, 1.165) is 0 Å². The van der Waals surface area contributed by atoms with Crippen molar-refractivity contribution in [2.45, 2.75) is 6.43 Å². The molecule has 88 valence electrons. The molecule has 1 aromatic carbocycles. The lowest BCUT2D eigenvalue weighted by Gasteiger charge is -2.05. The van der Waals surface area contributed by atoms with Gasteiger partial charge in [0.05, 0.1) is 6.54 Å². The number of nitrogens with one attached hydrogen (secondary N) is 1. The zero-order valence-corrected chi connectivity index (χ0v) is 7.74. The van der Waals surface area contributed by atoms with Gasteiger partial charge in [0.2, 0.25) is 0 Å². The number of alkyl halides is 2. The van der Waals surface area contributed by atoms with Gasteiger partial charge in [0.25, 0.3) is 12.3 Å². The van der Waals surface area contributed by atoms with E-state index in [-0.39, 0.29) is 0 Å². The number of carbonyl (C=O) groups excluding carboxylic acids is 1. The van der Waals surface area contributed by atoms with Gasteiger partial charge in [-0.15, -0.1) is 0 Å². The number of carbonyl (C=O) groups is 1. The van der Waals surface area contributed by atoms with Crippen molar-refractivity contribution in [1.29, 1.82) is 0 Å². The molecule has 0 unspecified atom stereocenters. The summed E-state index contributed by atoms with van der Waals surface area (Å²) in [6.07, 6.45) is -2.78. The second-order valence-corrected chi connectivity index (χ2v) is 2.85. The summed E-state index contributed by atoms with van der Waals surface area (Å²) in [5, 5.41) is 1.73. The molecule has 0 aliphatic carbocycles. The van der Waals surface area contributed by atoms with Crippen molar-refractivity contribution in [1.82, 2.24) is 5.32 Å². The summed E-state index contributed by atoms with van der Waals surface area (Å²) >= 11 is 0. The number of halogens is 5. The maximum atomic E-state index is 12.7. The molecule has 1 amide bonds. The van der Waals surface area contributed by atoms with Crippen LogP contribution in [0.4, 0.5) is 22.0 Å². The van der Waals surface area contributed by atoms with Crippen LogP contribution in [0.15, 0.2) is 12.1 Å². The van der Waals surface area contributed by atoms with E-state index < -0.39 is 41.9 Å². The predicted octanol–water partition coefficient (Wildman–Crippen LogP) is 2.10. The molecule has 0 bridgehead atoms. The summed E-state index contributed by atoms with van der Waals surface area (Å²) in [4.78, 5) is 11.1. The second-order valence-electron chi connectivity index (χ2n) is 2.85. The molecule has 0 saturated heterocycles. The summed E-state index contributed by atoms with van der Waals surface area (Å²) in [6, 6.07) is 0.860. The van der Waals surface area contributed by atoms with E-state index in [1.807, 2.05) is 0 Å². The highest BCUT2D eigenvalue weighted by Crippen LogP contribution is 2.13. The Hall–Kier alpha value is -1.66. The fourth-order valence-electron chi connectivity index (χ4n) is 0.959. The molecule has 0 saturated carbocycles. The maximum Gasteiger partial charge on any atom is 0.255 e. The minimum atomic E-state index is -2.78. The summed E-state index contributed by atoms with van der Waals surface area (Å²) < 4.78 is 61.2. The van der Waals surface area contributed by atoms with Crippen molar-refractivity contribution in [3.63, 3.8) is 0 Å². The lowest BCUT2D eigenvalue weighted by atomic mass is 10.2. The highest BCUT2D eigenvalue weighted by molar-refractivity contribution is 5.94. The maximum absolute atomic E-state index is 12.7. The minimum Gasteiger partial charge on any atom is -0.346 e. The molecule has 7 heteroatoms. The van der Waals surface area contributed by atoms with E-state index >= 15 is 0 Å². The molecule has 16 heavy (non-hydrogen) atoms. The van der Waals surface area contributed by atoms with Crippen molar-refractivity contribution in [2.24, 2.45) is 0 Å². The van der Waals surface area contributed by atoms with Crippen LogP contribution < -0.4 is 5.32 Å². The van der Waals surface area contributed by atoms with Gasteiger partial charge in [0.1, 0.15) is 0 Å². The minimum absolute atomic E-state index is 0.430. The van der Waals surface area contributed by atoms with Crippen LogP contribution in [0.25, 0.3) is 0 Å². The Morgan fingerprint density at radius 2 is 1.69 bits per heavy atom. The molecule has 0 radical (unpaired) electrons. The smallest absolute Gasteiger partial charge is 0.255 e. The Balaban J connectivity index is 2.84. The molecule has 0 aliphatic rings. The lowest BCUT2D eigenvalue weighted by Crippen LogP contribution is -2.28. The summed E-state index contributed by atoms with van der Waals surface area (Å²) in [6.45, 7) is -0.945. The van der Waals surface area contributed by atoms with Crippen molar-refractivity contribution < 1.29 is 26.7 Å². The Morgan fingerprint density at radius 1 is 1.19 bits per heavy atom. The van der Waals surface area contributed by atoms with Crippen LogP contribution in [-0.4, -0.2) is 18.9 Å². The van der Waals surface area contributed by atoms with E-state index in [4.69, 9.17) is 0 Å². The van der Waals surface area contributed by atoms with Crippen LogP contribution in [-0.2, 0) is 0 Å². The van der Waals surface area contributed by atoms with Crippen molar-refractivity contribution in [3.8, 4) is 0 Å². The van der Waals surface area contributed by atoms with Gasteiger partial charge < -0.3 is 5.32 Å². The quantitative estimate of drug-likeness (QED) is 0.635. The zero-order chi connectivity index (χ0) is 12.3. The molecule has 0 heterocycles. The van der Waals surface area contributed by atoms with E-state index in [2.05, 4.69) is 0 Å². The number of rotatable bonds is 3. The van der Waals surface area contributed by atoms with Crippen LogP contribution in [0, 0.1) is 17.5 Å². The Labute approximate surface area is 87.1 Å². The normalized spacial score (nSPS) is 10.6. The van der Waals surface area contributed by atoms with E-state index in [9.17, 15) is 26.7 Å². The molecule has 1 aromatic rings. The predicted molar refractivity (Wildman–Crippen MR) is 44.7 cm³/mol. The number of hydrogen-bond donors (Lipinski definition) is 1. The molecule has 0 aliphatic heterocycles. The van der Waals surface area contributed by atoms with Gasteiger partial charge in [0, 0.05) is 5.56 Å². The molecule has 0 fully saturated rings. The summed E-state index contributed by atoms with van der Waals surface area (Å²) in [7, 11) is 0. The average molecular weight is 239 g/mol. The van der Waals surface area contributed by atoms with Gasteiger partial charge in [-0.2, -0.15) is 0 Å². The molecule has 2 nitrogen and oxygen atoms in total. The molecule has 1 rings (SSSR count). The Bertz CT molecular complexity index is 384. The molecule has 1 N–H and O–H groups in total. The van der Waals surface area contributed by atoms with E-state index in [1.165, 1.54) is 0 Å². The van der Waals surface area contributed by atoms with Crippen molar-refractivity contribution in [2.75, 3.05) is 6.54 Å². The monoisotopic (exact) mass is 239 g/mol. The van der Waals surface area contributed by atoms with Crippen LogP contribution in [0.3, 0.4) is 0 Å².